The van der Waals surface area contributed by atoms with E-state index >= 15 is 0 Å². The van der Waals surface area contributed by atoms with Crippen molar-refractivity contribution in [3.8, 4) is 0 Å². The third kappa shape index (κ3) is 15.8. The number of carbonyl (C=O) groups is 1. The largest absolute Gasteiger partial charge is 0.356 e. The molecule has 0 spiro atoms. The van der Waals surface area contributed by atoms with E-state index in [0.29, 0.717) is 6.42 Å². The molecule has 0 rings (SSSR count). The Hall–Kier alpha value is -0.180. The van der Waals surface area contributed by atoms with Gasteiger partial charge in [0.05, 0.1) is 0 Å². The number of thiol groups is 1. The molecule has 0 aliphatic carbocycles. The fourth-order valence-electron chi connectivity index (χ4n) is 2.17. The molecule has 0 bridgehead atoms. The molecular formula is C16H33NOS. The molecule has 1 N–H and O–H groups in total. The summed E-state index contributed by atoms with van der Waals surface area (Å²) in [4.78, 5) is 11.3. The summed E-state index contributed by atoms with van der Waals surface area (Å²) >= 11 is 4.10. The van der Waals surface area contributed by atoms with E-state index in [4.69, 9.17) is 0 Å². The molecule has 0 fully saturated rings. The monoisotopic (exact) mass is 287 g/mol. The van der Waals surface area contributed by atoms with Crippen molar-refractivity contribution in [2.24, 2.45) is 0 Å². The van der Waals surface area contributed by atoms with Gasteiger partial charge in [-0.15, -0.1) is 0 Å². The number of nitrogens with one attached hydrogen (secondary N) is 1. The van der Waals surface area contributed by atoms with Gasteiger partial charge < -0.3 is 5.32 Å². The van der Waals surface area contributed by atoms with Crippen molar-refractivity contribution in [2.45, 2.75) is 84.0 Å². The van der Waals surface area contributed by atoms with E-state index in [0.717, 1.165) is 25.1 Å². The van der Waals surface area contributed by atoms with E-state index in [1.165, 1.54) is 57.8 Å². The fourth-order valence-corrected chi connectivity index (χ4v) is 2.33. The highest BCUT2D eigenvalue weighted by molar-refractivity contribution is 7.80. The number of hydrogen-bond donors (Lipinski definition) is 2. The maximum atomic E-state index is 11.3. The molecule has 114 valence electrons. The number of rotatable bonds is 14. The zero-order valence-electron chi connectivity index (χ0n) is 12.8. The Labute approximate surface area is 125 Å². The molecule has 0 atom stereocenters. The Morgan fingerprint density at radius 3 is 1.89 bits per heavy atom. The van der Waals surface area contributed by atoms with Crippen molar-refractivity contribution in [1.29, 1.82) is 0 Å². The quantitative estimate of drug-likeness (QED) is 0.351. The Morgan fingerprint density at radius 2 is 1.37 bits per heavy atom. The standard InChI is InChI=1S/C16H33NOS/c1-2-3-4-5-6-7-8-9-10-11-14-17-16(18)13-12-15-19/h19H,2-15H2,1H3,(H,17,18). The van der Waals surface area contributed by atoms with Crippen LogP contribution < -0.4 is 5.32 Å². The normalized spacial score (nSPS) is 10.6. The molecule has 0 aromatic carbocycles. The molecular weight excluding hydrogens is 254 g/mol. The smallest absolute Gasteiger partial charge is 0.220 e. The summed E-state index contributed by atoms with van der Waals surface area (Å²) in [6.07, 6.45) is 14.9. The SMILES string of the molecule is CCCCCCCCCCCCNC(=O)CCCS. The van der Waals surface area contributed by atoms with Crippen molar-refractivity contribution in [1.82, 2.24) is 5.32 Å². The Kier molecular flexibility index (Phi) is 15.7. The van der Waals surface area contributed by atoms with Crippen LogP contribution in [0, 0.1) is 0 Å². The van der Waals surface area contributed by atoms with E-state index in [1.807, 2.05) is 0 Å². The minimum atomic E-state index is 0.185. The summed E-state index contributed by atoms with van der Waals surface area (Å²) in [5.41, 5.74) is 0. The number of carbonyl (C=O) groups excluding carboxylic acids is 1. The van der Waals surface area contributed by atoms with Gasteiger partial charge in [0.2, 0.25) is 5.91 Å². The van der Waals surface area contributed by atoms with Crippen LogP contribution in [0.2, 0.25) is 0 Å². The Morgan fingerprint density at radius 1 is 0.842 bits per heavy atom. The van der Waals surface area contributed by atoms with Crippen molar-refractivity contribution in [3.05, 3.63) is 0 Å². The molecule has 0 saturated carbocycles. The second kappa shape index (κ2) is 15.9. The lowest BCUT2D eigenvalue weighted by molar-refractivity contribution is -0.121. The van der Waals surface area contributed by atoms with Gasteiger partial charge in [-0.05, 0) is 18.6 Å². The highest BCUT2D eigenvalue weighted by Crippen LogP contribution is 2.10. The van der Waals surface area contributed by atoms with Crippen LogP contribution in [0.5, 0.6) is 0 Å². The van der Waals surface area contributed by atoms with E-state index in [9.17, 15) is 4.79 Å². The lowest BCUT2D eigenvalue weighted by atomic mass is 10.1. The first-order valence-corrected chi connectivity index (χ1v) is 8.82. The van der Waals surface area contributed by atoms with Gasteiger partial charge >= 0.3 is 0 Å². The van der Waals surface area contributed by atoms with Gasteiger partial charge in [0.1, 0.15) is 0 Å². The lowest BCUT2D eigenvalue weighted by Crippen LogP contribution is -2.24. The summed E-state index contributed by atoms with van der Waals surface area (Å²) in [5.74, 6) is 0.982. The average Bonchev–Trinajstić information content (AvgIpc) is 2.42. The number of amides is 1. The topological polar surface area (TPSA) is 29.1 Å². The van der Waals surface area contributed by atoms with Crippen molar-refractivity contribution in [3.63, 3.8) is 0 Å². The summed E-state index contributed by atoms with van der Waals surface area (Å²) < 4.78 is 0. The van der Waals surface area contributed by atoms with Crippen molar-refractivity contribution >= 4 is 18.5 Å². The first-order valence-electron chi connectivity index (χ1n) is 8.18. The maximum Gasteiger partial charge on any atom is 0.220 e. The first-order chi connectivity index (χ1) is 9.31. The molecule has 3 heteroatoms. The van der Waals surface area contributed by atoms with Gasteiger partial charge in [0, 0.05) is 13.0 Å². The summed E-state index contributed by atoms with van der Waals surface area (Å²) in [5, 5.41) is 2.97. The van der Waals surface area contributed by atoms with Crippen LogP contribution in [0.1, 0.15) is 84.0 Å². The second-order valence-electron chi connectivity index (χ2n) is 5.36. The third-order valence-corrected chi connectivity index (χ3v) is 3.73. The van der Waals surface area contributed by atoms with Crippen LogP contribution >= 0.6 is 12.6 Å². The van der Waals surface area contributed by atoms with Gasteiger partial charge in [-0.25, -0.2) is 0 Å². The molecule has 2 nitrogen and oxygen atoms in total. The van der Waals surface area contributed by atoms with E-state index < -0.39 is 0 Å². The minimum Gasteiger partial charge on any atom is -0.356 e. The predicted molar refractivity (Wildman–Crippen MR) is 87.9 cm³/mol. The van der Waals surface area contributed by atoms with Crippen LogP contribution in [0.15, 0.2) is 0 Å². The number of unbranched alkanes of at least 4 members (excludes halogenated alkanes) is 9. The Balaban J connectivity index is 3.04. The molecule has 0 aliphatic rings. The van der Waals surface area contributed by atoms with Gasteiger partial charge in [-0.2, -0.15) is 12.6 Å². The Bertz CT molecular complexity index is 197. The van der Waals surface area contributed by atoms with Crippen LogP contribution in [-0.4, -0.2) is 18.2 Å². The van der Waals surface area contributed by atoms with Crippen LogP contribution in [0.25, 0.3) is 0 Å². The lowest BCUT2D eigenvalue weighted by Gasteiger charge is -2.05. The number of hydrogen-bond acceptors (Lipinski definition) is 2. The molecule has 1 amide bonds. The van der Waals surface area contributed by atoms with Gasteiger partial charge in [0.25, 0.3) is 0 Å². The van der Waals surface area contributed by atoms with Crippen molar-refractivity contribution < 1.29 is 4.79 Å². The zero-order valence-corrected chi connectivity index (χ0v) is 13.6. The molecule has 19 heavy (non-hydrogen) atoms. The van der Waals surface area contributed by atoms with Gasteiger partial charge in [-0.1, -0.05) is 64.7 Å². The highest BCUT2D eigenvalue weighted by atomic mass is 32.1. The summed E-state index contributed by atoms with van der Waals surface area (Å²) in [6.45, 7) is 3.11. The van der Waals surface area contributed by atoms with Gasteiger partial charge in [0.15, 0.2) is 0 Å². The predicted octanol–water partition coefficient (Wildman–Crippen LogP) is 4.73. The third-order valence-electron chi connectivity index (χ3n) is 3.41. The summed E-state index contributed by atoms with van der Waals surface area (Å²) in [7, 11) is 0. The van der Waals surface area contributed by atoms with Gasteiger partial charge in [-0.3, -0.25) is 4.79 Å². The van der Waals surface area contributed by atoms with Crippen LogP contribution in [0.3, 0.4) is 0 Å². The molecule has 0 saturated heterocycles. The fraction of sp³-hybridized carbons (Fsp3) is 0.938. The van der Waals surface area contributed by atoms with E-state index in [-0.39, 0.29) is 5.91 Å². The molecule has 0 radical (unpaired) electrons. The van der Waals surface area contributed by atoms with Crippen molar-refractivity contribution in [2.75, 3.05) is 12.3 Å². The summed E-state index contributed by atoms with van der Waals surface area (Å²) in [6, 6.07) is 0. The second-order valence-corrected chi connectivity index (χ2v) is 5.81. The highest BCUT2D eigenvalue weighted by Gasteiger charge is 1.98. The molecule has 0 aliphatic heterocycles. The molecule has 0 unspecified atom stereocenters. The van der Waals surface area contributed by atoms with E-state index in [2.05, 4.69) is 24.9 Å². The maximum absolute atomic E-state index is 11.3. The molecule has 0 aromatic heterocycles. The minimum absolute atomic E-state index is 0.185. The van der Waals surface area contributed by atoms with E-state index in [1.54, 1.807) is 0 Å². The van der Waals surface area contributed by atoms with Crippen LogP contribution in [0.4, 0.5) is 0 Å². The molecule has 0 aromatic rings. The van der Waals surface area contributed by atoms with Crippen LogP contribution in [-0.2, 0) is 4.79 Å². The average molecular weight is 288 g/mol. The first kappa shape index (κ1) is 18.8. The molecule has 0 heterocycles. The zero-order chi connectivity index (χ0) is 14.2.